The summed E-state index contributed by atoms with van der Waals surface area (Å²) in [7, 11) is 0. The number of rotatable bonds is 4. The van der Waals surface area contributed by atoms with Gasteiger partial charge in [-0.25, -0.2) is 9.37 Å². The van der Waals surface area contributed by atoms with E-state index in [4.69, 9.17) is 0 Å². The Morgan fingerprint density at radius 2 is 1.96 bits per heavy atom. The largest absolute Gasteiger partial charge is 0.325 e. The highest BCUT2D eigenvalue weighted by molar-refractivity contribution is 7.15. The van der Waals surface area contributed by atoms with Crippen LogP contribution < -0.4 is 5.32 Å². The Morgan fingerprint density at radius 3 is 2.80 bits per heavy atom. The molecule has 4 rings (SSSR count). The van der Waals surface area contributed by atoms with Crippen LogP contribution >= 0.6 is 11.3 Å². The van der Waals surface area contributed by atoms with Gasteiger partial charge in [0.2, 0.25) is 5.91 Å². The lowest BCUT2D eigenvalue weighted by molar-refractivity contribution is -0.115. The Bertz CT molecular complexity index is 1020. The molecule has 0 saturated carbocycles. The van der Waals surface area contributed by atoms with Crippen LogP contribution in [0.2, 0.25) is 0 Å². The molecule has 4 aromatic rings. The van der Waals surface area contributed by atoms with E-state index in [1.807, 2.05) is 46.4 Å². The lowest BCUT2D eigenvalue weighted by Crippen LogP contribution is -2.15. The smallest absolute Gasteiger partial charge is 0.228 e. The number of fused-ring (bicyclic) bond motifs is 1. The zero-order chi connectivity index (χ0) is 17.2. The monoisotopic (exact) mass is 351 g/mol. The number of thiazole rings is 1. The number of carbonyl (C=O) groups is 1. The van der Waals surface area contributed by atoms with E-state index >= 15 is 0 Å². The van der Waals surface area contributed by atoms with Gasteiger partial charge in [0.25, 0.3) is 0 Å². The molecule has 0 radical (unpaired) electrons. The summed E-state index contributed by atoms with van der Waals surface area (Å²) in [5.41, 5.74) is 2.66. The molecule has 0 aliphatic heterocycles. The van der Waals surface area contributed by atoms with Crippen molar-refractivity contribution in [1.82, 2.24) is 9.38 Å². The van der Waals surface area contributed by atoms with Crippen LogP contribution in [-0.2, 0) is 11.2 Å². The molecule has 0 aliphatic rings. The molecule has 0 fully saturated rings. The fraction of sp³-hybridized carbons (Fsp3) is 0.0526. The van der Waals surface area contributed by atoms with Crippen molar-refractivity contribution in [2.75, 3.05) is 5.32 Å². The fourth-order valence-corrected chi connectivity index (χ4v) is 3.38. The molecule has 124 valence electrons. The average molecular weight is 351 g/mol. The quantitative estimate of drug-likeness (QED) is 0.593. The van der Waals surface area contributed by atoms with Crippen molar-refractivity contribution < 1.29 is 9.18 Å². The minimum atomic E-state index is -0.375. The Labute approximate surface area is 147 Å². The van der Waals surface area contributed by atoms with E-state index in [9.17, 15) is 9.18 Å². The molecule has 25 heavy (non-hydrogen) atoms. The molecule has 0 spiro atoms. The van der Waals surface area contributed by atoms with Gasteiger partial charge < -0.3 is 5.32 Å². The third-order valence-corrected chi connectivity index (χ3v) is 4.65. The standard InChI is InChI=1S/C19H14FN3OS/c20-15-7-3-1-5-13(15)11-18(24)21-16-8-4-2-6-14(16)17-12-23-9-10-25-19(23)22-17/h1-10,12H,11H2,(H,21,24). The van der Waals surface area contributed by atoms with Gasteiger partial charge in [-0.3, -0.25) is 9.20 Å². The zero-order valence-electron chi connectivity index (χ0n) is 13.1. The molecule has 0 saturated heterocycles. The molecule has 6 heteroatoms. The van der Waals surface area contributed by atoms with Crippen molar-refractivity contribution in [3.63, 3.8) is 0 Å². The van der Waals surface area contributed by atoms with Crippen molar-refractivity contribution in [3.05, 3.63) is 77.7 Å². The van der Waals surface area contributed by atoms with Gasteiger partial charge in [0.1, 0.15) is 5.82 Å². The zero-order valence-corrected chi connectivity index (χ0v) is 14.0. The Kier molecular flexibility index (Phi) is 4.03. The summed E-state index contributed by atoms with van der Waals surface area (Å²) in [6, 6.07) is 13.8. The van der Waals surface area contributed by atoms with E-state index < -0.39 is 0 Å². The second-order valence-corrected chi connectivity index (χ2v) is 6.45. The lowest BCUT2D eigenvalue weighted by atomic mass is 10.1. The molecule has 2 aromatic carbocycles. The number of imidazole rings is 1. The molecule has 2 heterocycles. The van der Waals surface area contributed by atoms with E-state index in [1.165, 1.54) is 6.07 Å². The predicted octanol–water partition coefficient (Wildman–Crippen LogP) is 4.38. The third kappa shape index (κ3) is 3.16. The van der Waals surface area contributed by atoms with Gasteiger partial charge in [-0.2, -0.15) is 0 Å². The summed E-state index contributed by atoms with van der Waals surface area (Å²) in [6.45, 7) is 0. The molecular weight excluding hydrogens is 337 g/mol. The molecule has 0 unspecified atom stereocenters. The second-order valence-electron chi connectivity index (χ2n) is 5.58. The van der Waals surface area contributed by atoms with Crippen LogP contribution in [0.4, 0.5) is 10.1 Å². The molecule has 1 amide bonds. The number of aromatic nitrogens is 2. The molecule has 4 nitrogen and oxygen atoms in total. The number of nitrogens with zero attached hydrogens (tertiary/aromatic N) is 2. The minimum absolute atomic E-state index is 0.0146. The number of hydrogen-bond donors (Lipinski definition) is 1. The predicted molar refractivity (Wildman–Crippen MR) is 97.2 cm³/mol. The first-order valence-electron chi connectivity index (χ1n) is 7.75. The number of para-hydroxylation sites is 1. The minimum Gasteiger partial charge on any atom is -0.325 e. The second kappa shape index (κ2) is 6.49. The topological polar surface area (TPSA) is 46.4 Å². The Balaban J connectivity index is 1.60. The third-order valence-electron chi connectivity index (χ3n) is 3.88. The van der Waals surface area contributed by atoms with Crippen molar-refractivity contribution >= 4 is 27.9 Å². The summed E-state index contributed by atoms with van der Waals surface area (Å²) in [4.78, 5) is 17.8. The lowest BCUT2D eigenvalue weighted by Gasteiger charge is -2.10. The van der Waals surface area contributed by atoms with Crippen LogP contribution in [0.1, 0.15) is 5.56 Å². The van der Waals surface area contributed by atoms with E-state index in [1.54, 1.807) is 29.5 Å². The highest BCUT2D eigenvalue weighted by Gasteiger charge is 2.13. The SMILES string of the molecule is O=C(Cc1ccccc1F)Nc1ccccc1-c1cn2ccsc2n1. The van der Waals surface area contributed by atoms with Crippen LogP contribution in [0.5, 0.6) is 0 Å². The summed E-state index contributed by atoms with van der Waals surface area (Å²) in [5.74, 6) is -0.640. The first-order chi connectivity index (χ1) is 12.2. The fourth-order valence-electron chi connectivity index (χ4n) is 2.68. The number of benzene rings is 2. The Morgan fingerprint density at radius 1 is 1.16 bits per heavy atom. The van der Waals surface area contributed by atoms with Gasteiger partial charge >= 0.3 is 0 Å². The normalized spacial score (nSPS) is 10.9. The van der Waals surface area contributed by atoms with Crippen LogP contribution in [-0.4, -0.2) is 15.3 Å². The van der Waals surface area contributed by atoms with E-state index in [0.29, 0.717) is 11.3 Å². The molecule has 0 aliphatic carbocycles. The van der Waals surface area contributed by atoms with Crippen molar-refractivity contribution in [1.29, 1.82) is 0 Å². The first-order valence-corrected chi connectivity index (χ1v) is 8.63. The van der Waals surface area contributed by atoms with Crippen LogP contribution in [0.3, 0.4) is 0 Å². The maximum absolute atomic E-state index is 13.7. The number of hydrogen-bond acceptors (Lipinski definition) is 3. The van der Waals surface area contributed by atoms with Crippen LogP contribution in [0.15, 0.2) is 66.3 Å². The number of carbonyl (C=O) groups excluding carboxylic acids is 1. The Hall–Kier alpha value is -2.99. The van der Waals surface area contributed by atoms with Crippen molar-refractivity contribution in [2.45, 2.75) is 6.42 Å². The van der Waals surface area contributed by atoms with Crippen molar-refractivity contribution in [2.24, 2.45) is 0 Å². The van der Waals surface area contributed by atoms with E-state index in [0.717, 1.165) is 16.2 Å². The van der Waals surface area contributed by atoms with Crippen LogP contribution in [0.25, 0.3) is 16.2 Å². The number of anilines is 1. The van der Waals surface area contributed by atoms with Gasteiger partial charge in [-0.1, -0.05) is 36.4 Å². The molecule has 2 aromatic heterocycles. The first kappa shape index (κ1) is 15.5. The van der Waals surface area contributed by atoms with Crippen molar-refractivity contribution in [3.8, 4) is 11.3 Å². The van der Waals surface area contributed by atoms with E-state index in [2.05, 4.69) is 10.3 Å². The molecule has 1 N–H and O–H groups in total. The number of halogens is 1. The molecule has 0 atom stereocenters. The van der Waals surface area contributed by atoms with E-state index in [-0.39, 0.29) is 18.1 Å². The van der Waals surface area contributed by atoms with Gasteiger partial charge in [0.15, 0.2) is 4.96 Å². The van der Waals surface area contributed by atoms with Gasteiger partial charge in [0, 0.05) is 23.3 Å². The maximum atomic E-state index is 13.7. The van der Waals surface area contributed by atoms with Gasteiger partial charge in [-0.15, -0.1) is 11.3 Å². The van der Waals surface area contributed by atoms with Crippen LogP contribution in [0, 0.1) is 5.82 Å². The van der Waals surface area contributed by atoms with Gasteiger partial charge in [-0.05, 0) is 17.7 Å². The highest BCUT2D eigenvalue weighted by Crippen LogP contribution is 2.28. The summed E-state index contributed by atoms with van der Waals surface area (Å²) >= 11 is 1.55. The molecule has 0 bridgehead atoms. The summed E-state index contributed by atoms with van der Waals surface area (Å²) in [5, 5.41) is 4.84. The molecular formula is C19H14FN3OS. The summed E-state index contributed by atoms with van der Waals surface area (Å²) < 4.78 is 15.7. The summed E-state index contributed by atoms with van der Waals surface area (Å²) in [6.07, 6.45) is 3.85. The maximum Gasteiger partial charge on any atom is 0.228 e. The number of nitrogens with one attached hydrogen (secondary N) is 1. The van der Waals surface area contributed by atoms with Gasteiger partial charge in [0.05, 0.1) is 17.8 Å². The average Bonchev–Trinajstić information content (AvgIpc) is 3.19. The number of amides is 1. The highest BCUT2D eigenvalue weighted by atomic mass is 32.1.